The SMILES string of the molecule is CN(C(=O)c1ccc(NC(=O)C=Cc2ccc(I)o2)cc1)C1CCCCC1. The number of amides is 2. The first kappa shape index (κ1) is 19.7. The number of benzene rings is 1. The molecule has 27 heavy (non-hydrogen) atoms. The minimum absolute atomic E-state index is 0.0343. The summed E-state index contributed by atoms with van der Waals surface area (Å²) in [4.78, 5) is 26.5. The predicted octanol–water partition coefficient (Wildman–Crippen LogP) is 4.94. The zero-order chi connectivity index (χ0) is 19.2. The van der Waals surface area contributed by atoms with Crippen LogP contribution in [0.25, 0.3) is 6.08 Å². The van der Waals surface area contributed by atoms with Crippen LogP contribution in [-0.4, -0.2) is 29.8 Å². The number of carbonyl (C=O) groups excluding carboxylic acids is 2. The number of anilines is 1. The van der Waals surface area contributed by atoms with E-state index < -0.39 is 0 Å². The molecule has 2 amide bonds. The second-order valence-corrected chi connectivity index (χ2v) is 7.81. The zero-order valence-electron chi connectivity index (χ0n) is 15.3. The van der Waals surface area contributed by atoms with Gasteiger partial charge in [-0.25, -0.2) is 0 Å². The Morgan fingerprint density at radius 2 is 1.81 bits per heavy atom. The largest absolute Gasteiger partial charge is 0.451 e. The topological polar surface area (TPSA) is 62.6 Å². The molecule has 1 aromatic heterocycles. The lowest BCUT2D eigenvalue weighted by molar-refractivity contribution is -0.111. The van der Waals surface area contributed by atoms with Gasteiger partial charge in [-0.1, -0.05) is 19.3 Å². The van der Waals surface area contributed by atoms with Gasteiger partial charge in [-0.05, 0) is 77.9 Å². The van der Waals surface area contributed by atoms with Gasteiger partial charge in [0.15, 0.2) is 3.77 Å². The lowest BCUT2D eigenvalue weighted by atomic mass is 9.94. The normalized spacial score (nSPS) is 15.0. The first-order valence-electron chi connectivity index (χ1n) is 9.14. The fraction of sp³-hybridized carbons (Fsp3) is 0.333. The minimum Gasteiger partial charge on any atom is -0.451 e. The molecule has 1 aliphatic carbocycles. The van der Waals surface area contributed by atoms with Crippen LogP contribution in [-0.2, 0) is 4.79 Å². The van der Waals surface area contributed by atoms with E-state index in [-0.39, 0.29) is 11.8 Å². The van der Waals surface area contributed by atoms with Crippen LogP contribution in [0.1, 0.15) is 48.2 Å². The van der Waals surface area contributed by atoms with Crippen LogP contribution in [0.15, 0.2) is 46.9 Å². The summed E-state index contributed by atoms with van der Waals surface area (Å²) in [6.45, 7) is 0. The highest BCUT2D eigenvalue weighted by Crippen LogP contribution is 2.23. The molecule has 1 aromatic carbocycles. The number of carbonyl (C=O) groups is 2. The van der Waals surface area contributed by atoms with Gasteiger partial charge in [0, 0.05) is 30.4 Å². The van der Waals surface area contributed by atoms with E-state index in [1.807, 2.05) is 18.0 Å². The Bertz CT molecular complexity index is 820. The molecule has 1 N–H and O–H groups in total. The lowest BCUT2D eigenvalue weighted by Gasteiger charge is -2.31. The molecule has 0 aliphatic heterocycles. The third-order valence-corrected chi connectivity index (χ3v) is 5.41. The van der Waals surface area contributed by atoms with Crippen molar-refractivity contribution in [2.24, 2.45) is 0 Å². The van der Waals surface area contributed by atoms with E-state index in [9.17, 15) is 9.59 Å². The molecule has 1 aliphatic rings. The number of rotatable bonds is 5. The van der Waals surface area contributed by atoms with Crippen LogP contribution in [0, 0.1) is 3.77 Å². The van der Waals surface area contributed by atoms with Crippen LogP contribution in [0.2, 0.25) is 0 Å². The maximum Gasteiger partial charge on any atom is 0.253 e. The fourth-order valence-electron chi connectivity index (χ4n) is 3.29. The Balaban J connectivity index is 1.57. The van der Waals surface area contributed by atoms with Gasteiger partial charge < -0.3 is 14.6 Å². The third kappa shape index (κ3) is 5.45. The molecule has 1 saturated carbocycles. The Kier molecular flexibility index (Phi) is 6.71. The molecular weight excluding hydrogens is 455 g/mol. The van der Waals surface area contributed by atoms with Crippen molar-refractivity contribution in [3.63, 3.8) is 0 Å². The van der Waals surface area contributed by atoms with Gasteiger partial charge in [0.2, 0.25) is 5.91 Å². The second-order valence-electron chi connectivity index (χ2n) is 6.75. The number of hydrogen-bond acceptors (Lipinski definition) is 3. The van der Waals surface area contributed by atoms with E-state index in [0.29, 0.717) is 23.1 Å². The smallest absolute Gasteiger partial charge is 0.253 e. The van der Waals surface area contributed by atoms with Gasteiger partial charge in [-0.2, -0.15) is 0 Å². The number of halogens is 1. The minimum atomic E-state index is -0.250. The molecule has 6 heteroatoms. The molecule has 0 spiro atoms. The van der Waals surface area contributed by atoms with Gasteiger partial charge in [0.1, 0.15) is 5.76 Å². The molecule has 3 rings (SSSR count). The summed E-state index contributed by atoms with van der Waals surface area (Å²) in [7, 11) is 1.88. The number of hydrogen-bond donors (Lipinski definition) is 1. The summed E-state index contributed by atoms with van der Waals surface area (Å²) < 4.78 is 6.15. The van der Waals surface area contributed by atoms with Crippen molar-refractivity contribution in [2.45, 2.75) is 38.1 Å². The first-order valence-corrected chi connectivity index (χ1v) is 10.2. The molecular formula is C21H23IN2O3. The molecule has 142 valence electrons. The molecule has 1 fully saturated rings. The van der Waals surface area contributed by atoms with E-state index in [0.717, 1.165) is 16.6 Å². The number of furan rings is 1. The van der Waals surface area contributed by atoms with Crippen LogP contribution in [0.5, 0.6) is 0 Å². The van der Waals surface area contributed by atoms with Gasteiger partial charge in [0.05, 0.1) is 0 Å². The zero-order valence-corrected chi connectivity index (χ0v) is 17.4. The summed E-state index contributed by atoms with van der Waals surface area (Å²) in [5, 5.41) is 2.78. The predicted molar refractivity (Wildman–Crippen MR) is 114 cm³/mol. The Morgan fingerprint density at radius 1 is 1.11 bits per heavy atom. The highest BCUT2D eigenvalue weighted by molar-refractivity contribution is 14.1. The lowest BCUT2D eigenvalue weighted by Crippen LogP contribution is -2.38. The van der Waals surface area contributed by atoms with Crippen molar-refractivity contribution in [3.05, 3.63) is 57.6 Å². The molecule has 0 bridgehead atoms. The van der Waals surface area contributed by atoms with E-state index in [4.69, 9.17) is 4.42 Å². The molecule has 0 atom stereocenters. The second kappa shape index (κ2) is 9.21. The van der Waals surface area contributed by atoms with Crippen molar-refractivity contribution in [2.75, 3.05) is 12.4 Å². The van der Waals surface area contributed by atoms with E-state index in [1.165, 1.54) is 25.3 Å². The van der Waals surface area contributed by atoms with E-state index in [2.05, 4.69) is 27.9 Å². The molecule has 0 saturated heterocycles. The highest BCUT2D eigenvalue weighted by Gasteiger charge is 2.22. The van der Waals surface area contributed by atoms with Crippen molar-refractivity contribution >= 4 is 46.2 Å². The standard InChI is InChI=1S/C21H23IN2O3/c1-24(17-5-3-2-4-6-17)21(26)15-7-9-16(10-8-15)23-20(25)14-12-18-11-13-19(22)27-18/h7-14,17H,2-6H2,1H3,(H,23,25). The number of nitrogens with zero attached hydrogens (tertiary/aromatic N) is 1. The molecule has 0 unspecified atom stereocenters. The van der Waals surface area contributed by atoms with Gasteiger partial charge in [-0.15, -0.1) is 0 Å². The van der Waals surface area contributed by atoms with Crippen molar-refractivity contribution in [3.8, 4) is 0 Å². The summed E-state index contributed by atoms with van der Waals surface area (Å²) in [5.41, 5.74) is 1.29. The van der Waals surface area contributed by atoms with Crippen molar-refractivity contribution < 1.29 is 14.0 Å². The van der Waals surface area contributed by atoms with Gasteiger partial charge in [0.25, 0.3) is 5.91 Å². The Hall–Kier alpha value is -2.09. The Morgan fingerprint density at radius 3 is 2.44 bits per heavy atom. The van der Waals surface area contributed by atoms with Crippen LogP contribution >= 0.6 is 22.6 Å². The summed E-state index contributed by atoms with van der Waals surface area (Å²) >= 11 is 2.07. The van der Waals surface area contributed by atoms with Crippen LogP contribution < -0.4 is 5.32 Å². The monoisotopic (exact) mass is 478 g/mol. The Labute approximate surface area is 172 Å². The molecule has 0 radical (unpaired) electrons. The van der Waals surface area contributed by atoms with Crippen molar-refractivity contribution in [1.29, 1.82) is 0 Å². The van der Waals surface area contributed by atoms with Gasteiger partial charge in [-0.3, -0.25) is 9.59 Å². The molecule has 2 aromatic rings. The third-order valence-electron chi connectivity index (χ3n) is 4.84. The van der Waals surface area contributed by atoms with Crippen molar-refractivity contribution in [1.82, 2.24) is 4.90 Å². The molecule has 5 nitrogen and oxygen atoms in total. The maximum atomic E-state index is 12.7. The van der Waals surface area contributed by atoms with E-state index >= 15 is 0 Å². The summed E-state index contributed by atoms with van der Waals surface area (Å²) in [6.07, 6.45) is 8.85. The number of nitrogens with one attached hydrogen (secondary N) is 1. The van der Waals surface area contributed by atoms with Crippen LogP contribution in [0.4, 0.5) is 5.69 Å². The summed E-state index contributed by atoms with van der Waals surface area (Å²) in [6, 6.07) is 11.0. The fourth-order valence-corrected chi connectivity index (χ4v) is 3.73. The summed E-state index contributed by atoms with van der Waals surface area (Å²) in [5.74, 6) is 0.410. The quantitative estimate of drug-likeness (QED) is 0.489. The maximum absolute atomic E-state index is 12.7. The van der Waals surface area contributed by atoms with E-state index in [1.54, 1.807) is 36.4 Å². The average molecular weight is 478 g/mol. The average Bonchev–Trinajstić information content (AvgIpc) is 3.12. The van der Waals surface area contributed by atoms with Gasteiger partial charge >= 0.3 is 0 Å². The molecule has 1 heterocycles. The highest BCUT2D eigenvalue weighted by atomic mass is 127. The first-order chi connectivity index (χ1) is 13.0. The van der Waals surface area contributed by atoms with Crippen LogP contribution in [0.3, 0.4) is 0 Å².